The monoisotopic (exact) mass is 368 g/mol. The molecule has 27 heavy (non-hydrogen) atoms. The van der Waals surface area contributed by atoms with E-state index in [2.05, 4.69) is 15.5 Å². The first-order chi connectivity index (χ1) is 13.0. The molecule has 1 amide bonds. The molecule has 0 unspecified atom stereocenters. The summed E-state index contributed by atoms with van der Waals surface area (Å²) in [5.41, 5.74) is 3.15. The topological polar surface area (TPSA) is 84.4 Å². The molecule has 1 aliphatic heterocycles. The molecule has 0 radical (unpaired) electrons. The Morgan fingerprint density at radius 2 is 1.96 bits per heavy atom. The van der Waals surface area contributed by atoms with E-state index >= 15 is 0 Å². The summed E-state index contributed by atoms with van der Waals surface area (Å²) in [7, 11) is 1.88. The Hall–Kier alpha value is -2.67. The van der Waals surface area contributed by atoms with E-state index in [-0.39, 0.29) is 11.9 Å². The molecule has 3 aromatic rings. The summed E-state index contributed by atoms with van der Waals surface area (Å²) in [6, 6.07) is 3.99. The lowest BCUT2D eigenvalue weighted by Crippen LogP contribution is -2.44. The number of hydrogen-bond acceptors (Lipinski definition) is 6. The third kappa shape index (κ3) is 3.12. The first kappa shape index (κ1) is 17.7. The minimum Gasteiger partial charge on any atom is -0.466 e. The van der Waals surface area contributed by atoms with Crippen LogP contribution in [0.15, 0.2) is 21.1 Å². The number of pyridine rings is 1. The first-order valence-electron chi connectivity index (χ1n) is 9.28. The van der Waals surface area contributed by atoms with E-state index in [9.17, 15) is 4.79 Å². The maximum absolute atomic E-state index is 13.4. The summed E-state index contributed by atoms with van der Waals surface area (Å²) in [5, 5.41) is 8.05. The molecule has 7 nitrogen and oxygen atoms in total. The molecule has 4 heterocycles. The van der Waals surface area contributed by atoms with Crippen molar-refractivity contribution in [2.75, 3.05) is 20.1 Å². The van der Waals surface area contributed by atoms with Gasteiger partial charge in [-0.2, -0.15) is 0 Å². The fraction of sp³-hybridized carbons (Fsp3) is 0.450. The van der Waals surface area contributed by atoms with E-state index in [1.165, 1.54) is 0 Å². The number of furan rings is 1. The number of carbonyl (C=O) groups is 1. The third-order valence-corrected chi connectivity index (χ3v) is 5.34. The van der Waals surface area contributed by atoms with Crippen LogP contribution in [0.3, 0.4) is 0 Å². The van der Waals surface area contributed by atoms with Crippen LogP contribution in [0.25, 0.3) is 22.4 Å². The van der Waals surface area contributed by atoms with Crippen molar-refractivity contribution in [1.82, 2.24) is 20.4 Å². The average Bonchev–Trinajstić information content (AvgIpc) is 3.22. The largest absolute Gasteiger partial charge is 0.466 e. The van der Waals surface area contributed by atoms with E-state index in [1.807, 2.05) is 44.9 Å². The van der Waals surface area contributed by atoms with Gasteiger partial charge < -0.3 is 19.2 Å². The van der Waals surface area contributed by atoms with Crippen molar-refractivity contribution in [3.05, 3.63) is 34.9 Å². The van der Waals surface area contributed by atoms with Gasteiger partial charge in [0.15, 0.2) is 0 Å². The molecule has 0 aliphatic carbocycles. The zero-order valence-corrected chi connectivity index (χ0v) is 16.1. The zero-order chi connectivity index (χ0) is 19.1. The molecular formula is C20H24N4O3. The number of hydrogen-bond donors (Lipinski definition) is 1. The van der Waals surface area contributed by atoms with Crippen LogP contribution >= 0.6 is 0 Å². The highest BCUT2D eigenvalue weighted by molar-refractivity contribution is 6.07. The number of amides is 1. The summed E-state index contributed by atoms with van der Waals surface area (Å²) in [6.45, 7) is 7.48. The van der Waals surface area contributed by atoms with Crippen LogP contribution in [0.1, 0.15) is 40.4 Å². The molecule has 142 valence electrons. The van der Waals surface area contributed by atoms with E-state index in [4.69, 9.17) is 8.94 Å². The molecule has 0 aromatic carbocycles. The number of carbonyl (C=O) groups excluding carboxylic acids is 1. The molecule has 0 atom stereocenters. The molecule has 0 saturated carbocycles. The van der Waals surface area contributed by atoms with E-state index < -0.39 is 0 Å². The van der Waals surface area contributed by atoms with Gasteiger partial charge in [-0.3, -0.25) is 4.79 Å². The summed E-state index contributed by atoms with van der Waals surface area (Å²) in [6.07, 6.45) is 1.90. The van der Waals surface area contributed by atoms with Crippen LogP contribution in [0, 0.1) is 20.8 Å². The lowest BCUT2D eigenvalue weighted by Gasteiger charge is -2.31. The van der Waals surface area contributed by atoms with Crippen LogP contribution < -0.4 is 5.32 Å². The van der Waals surface area contributed by atoms with Crippen molar-refractivity contribution >= 4 is 17.0 Å². The van der Waals surface area contributed by atoms with Crippen molar-refractivity contribution in [2.45, 2.75) is 39.7 Å². The van der Waals surface area contributed by atoms with E-state index in [0.717, 1.165) is 43.0 Å². The summed E-state index contributed by atoms with van der Waals surface area (Å²) in [5.74, 6) is 1.54. The Labute approximate surface area is 157 Å². The van der Waals surface area contributed by atoms with Crippen molar-refractivity contribution in [3.63, 3.8) is 0 Å². The van der Waals surface area contributed by atoms with Gasteiger partial charge in [-0.05, 0) is 58.8 Å². The average molecular weight is 368 g/mol. The first-order valence-corrected chi connectivity index (χ1v) is 9.28. The summed E-state index contributed by atoms with van der Waals surface area (Å²) in [4.78, 5) is 19.8. The van der Waals surface area contributed by atoms with Crippen molar-refractivity contribution in [2.24, 2.45) is 0 Å². The molecule has 4 rings (SSSR count). The lowest BCUT2D eigenvalue weighted by atomic mass is 10.0. The molecule has 0 spiro atoms. The predicted molar refractivity (Wildman–Crippen MR) is 102 cm³/mol. The summed E-state index contributed by atoms with van der Waals surface area (Å²) < 4.78 is 11.0. The maximum Gasteiger partial charge on any atom is 0.259 e. The standard InChI is InChI=1S/C20H24N4O3/c1-11-9-15(13(3)26-11)17-10-16(18-12(2)23-27-19(18)22-17)20(25)24(4)14-5-7-21-8-6-14/h9-10,14,21H,5-8H2,1-4H3. The molecule has 1 fully saturated rings. The summed E-state index contributed by atoms with van der Waals surface area (Å²) >= 11 is 0. The molecule has 1 aliphatic rings. The highest BCUT2D eigenvalue weighted by Gasteiger charge is 2.27. The second-order valence-electron chi connectivity index (χ2n) is 7.23. The zero-order valence-electron chi connectivity index (χ0n) is 16.1. The lowest BCUT2D eigenvalue weighted by molar-refractivity contribution is 0.0705. The Balaban J connectivity index is 1.81. The van der Waals surface area contributed by atoms with Crippen LogP contribution in [0.5, 0.6) is 0 Å². The number of aromatic nitrogens is 2. The van der Waals surface area contributed by atoms with Crippen LogP contribution in [0.2, 0.25) is 0 Å². The number of aryl methyl sites for hydroxylation is 3. The maximum atomic E-state index is 13.4. The predicted octanol–water partition coefficient (Wildman–Crippen LogP) is 3.23. The quantitative estimate of drug-likeness (QED) is 0.764. The Morgan fingerprint density at radius 1 is 1.22 bits per heavy atom. The van der Waals surface area contributed by atoms with Gasteiger partial charge in [0.05, 0.1) is 22.3 Å². The van der Waals surface area contributed by atoms with Crippen molar-refractivity contribution in [1.29, 1.82) is 0 Å². The van der Waals surface area contributed by atoms with Gasteiger partial charge in [0.25, 0.3) is 11.6 Å². The molecular weight excluding hydrogens is 344 g/mol. The number of rotatable bonds is 3. The second-order valence-corrected chi connectivity index (χ2v) is 7.23. The van der Waals surface area contributed by atoms with Gasteiger partial charge in [-0.1, -0.05) is 5.16 Å². The van der Waals surface area contributed by atoms with Gasteiger partial charge in [-0.15, -0.1) is 0 Å². The number of fused-ring (bicyclic) bond motifs is 1. The molecule has 3 aromatic heterocycles. The smallest absolute Gasteiger partial charge is 0.259 e. The second kappa shape index (κ2) is 6.81. The fourth-order valence-corrected chi connectivity index (χ4v) is 3.84. The normalized spacial score (nSPS) is 15.4. The Morgan fingerprint density at radius 3 is 2.63 bits per heavy atom. The van der Waals surface area contributed by atoms with E-state index in [0.29, 0.717) is 28.1 Å². The van der Waals surface area contributed by atoms with Crippen LogP contribution in [-0.4, -0.2) is 47.1 Å². The highest BCUT2D eigenvalue weighted by Crippen LogP contribution is 2.31. The van der Waals surface area contributed by atoms with Crippen molar-refractivity contribution < 1.29 is 13.7 Å². The fourth-order valence-electron chi connectivity index (χ4n) is 3.84. The minimum absolute atomic E-state index is 0.0280. The molecule has 7 heteroatoms. The molecule has 1 saturated heterocycles. The minimum atomic E-state index is -0.0280. The third-order valence-electron chi connectivity index (χ3n) is 5.34. The SMILES string of the molecule is Cc1cc(-c2cc(C(=O)N(C)C3CCNCC3)c3c(C)noc3n2)c(C)o1. The van der Waals surface area contributed by atoms with E-state index in [1.54, 1.807) is 0 Å². The van der Waals surface area contributed by atoms with Gasteiger partial charge in [-0.25, -0.2) is 4.98 Å². The van der Waals surface area contributed by atoms with Gasteiger partial charge >= 0.3 is 0 Å². The Kier molecular flexibility index (Phi) is 4.47. The van der Waals surface area contributed by atoms with Crippen LogP contribution in [-0.2, 0) is 0 Å². The Bertz CT molecular complexity index is 998. The molecule has 1 N–H and O–H groups in total. The van der Waals surface area contributed by atoms with Gasteiger partial charge in [0.2, 0.25) is 0 Å². The molecule has 0 bridgehead atoms. The highest BCUT2D eigenvalue weighted by atomic mass is 16.5. The number of nitrogens with one attached hydrogen (secondary N) is 1. The van der Waals surface area contributed by atoms with Crippen LogP contribution in [0.4, 0.5) is 0 Å². The number of nitrogens with zero attached hydrogens (tertiary/aromatic N) is 3. The van der Waals surface area contributed by atoms with Gasteiger partial charge in [0, 0.05) is 18.7 Å². The van der Waals surface area contributed by atoms with Gasteiger partial charge in [0.1, 0.15) is 11.5 Å². The number of piperidine rings is 1. The van der Waals surface area contributed by atoms with Crippen molar-refractivity contribution in [3.8, 4) is 11.3 Å².